The molecule has 1 aliphatic rings. The minimum Gasteiger partial charge on any atom is -0.497 e. The van der Waals surface area contributed by atoms with E-state index in [1.807, 2.05) is 13.8 Å². The highest BCUT2D eigenvalue weighted by Crippen LogP contribution is 2.43. The molecule has 3 aromatic rings. The summed E-state index contributed by atoms with van der Waals surface area (Å²) in [5.74, 6) is 0.0892. The molecule has 0 saturated carbocycles. The third kappa shape index (κ3) is 5.41. The van der Waals surface area contributed by atoms with Crippen LogP contribution in [0, 0.1) is 0 Å². The van der Waals surface area contributed by atoms with E-state index in [1.165, 1.54) is 42.3 Å². The molecule has 0 aliphatic carbocycles. The SMILES string of the molecule is COc1ccc(-c2ccc3c(n2)C(C)(C)CN3C(=O)NCc2ccc(S(C)(=O)=O)cc2)c(C(F)(F)F)c1. The van der Waals surface area contributed by atoms with Crippen molar-refractivity contribution in [3.05, 3.63) is 71.4 Å². The molecular formula is C26H26F3N3O4S. The van der Waals surface area contributed by atoms with Gasteiger partial charge in [-0.3, -0.25) is 4.90 Å². The van der Waals surface area contributed by atoms with E-state index in [0.717, 1.165) is 12.3 Å². The highest BCUT2D eigenvalue weighted by Gasteiger charge is 2.40. The number of nitrogens with one attached hydrogen (secondary N) is 1. The summed E-state index contributed by atoms with van der Waals surface area (Å²) >= 11 is 0. The number of urea groups is 1. The molecule has 0 atom stereocenters. The topological polar surface area (TPSA) is 88.6 Å². The van der Waals surface area contributed by atoms with Crippen molar-refractivity contribution in [2.45, 2.75) is 36.9 Å². The molecule has 37 heavy (non-hydrogen) atoms. The summed E-state index contributed by atoms with van der Waals surface area (Å²) in [6.45, 7) is 4.20. The summed E-state index contributed by atoms with van der Waals surface area (Å²) < 4.78 is 69.5. The minimum absolute atomic E-state index is 0.0765. The molecule has 0 saturated heterocycles. The molecule has 11 heteroatoms. The number of benzene rings is 2. The van der Waals surface area contributed by atoms with Gasteiger partial charge in [0.25, 0.3) is 0 Å². The van der Waals surface area contributed by atoms with Crippen molar-refractivity contribution in [1.82, 2.24) is 10.3 Å². The fourth-order valence-electron chi connectivity index (χ4n) is 4.29. The second-order valence-corrected chi connectivity index (χ2v) is 11.5. The van der Waals surface area contributed by atoms with Crippen LogP contribution in [0.4, 0.5) is 23.7 Å². The minimum atomic E-state index is -4.61. The third-order valence-electron chi connectivity index (χ3n) is 6.21. The summed E-state index contributed by atoms with van der Waals surface area (Å²) in [5, 5.41) is 2.81. The van der Waals surface area contributed by atoms with Gasteiger partial charge < -0.3 is 10.1 Å². The second kappa shape index (κ2) is 9.37. The van der Waals surface area contributed by atoms with Crippen LogP contribution in [0.15, 0.2) is 59.5 Å². The van der Waals surface area contributed by atoms with Crippen molar-refractivity contribution < 1.29 is 31.1 Å². The quantitative estimate of drug-likeness (QED) is 0.488. The van der Waals surface area contributed by atoms with Crippen molar-refractivity contribution in [3.63, 3.8) is 0 Å². The number of hydrogen-bond donors (Lipinski definition) is 1. The Bertz CT molecular complexity index is 1450. The fourth-order valence-corrected chi connectivity index (χ4v) is 4.92. The number of aromatic nitrogens is 1. The van der Waals surface area contributed by atoms with Crippen molar-refractivity contribution in [3.8, 4) is 17.0 Å². The van der Waals surface area contributed by atoms with E-state index in [2.05, 4.69) is 10.3 Å². The number of carbonyl (C=O) groups excluding carboxylic acids is 1. The summed E-state index contributed by atoms with van der Waals surface area (Å²) in [4.78, 5) is 19.3. The molecule has 196 valence electrons. The zero-order valence-electron chi connectivity index (χ0n) is 20.7. The van der Waals surface area contributed by atoms with E-state index in [-0.39, 0.29) is 35.0 Å². The molecule has 1 N–H and O–H groups in total. The smallest absolute Gasteiger partial charge is 0.417 e. The lowest BCUT2D eigenvalue weighted by Crippen LogP contribution is -2.41. The molecule has 0 fully saturated rings. The molecule has 2 heterocycles. The molecule has 0 bridgehead atoms. The highest BCUT2D eigenvalue weighted by molar-refractivity contribution is 7.90. The van der Waals surface area contributed by atoms with Gasteiger partial charge >= 0.3 is 12.2 Å². The first-order valence-corrected chi connectivity index (χ1v) is 13.2. The number of sulfone groups is 1. The van der Waals surface area contributed by atoms with E-state index in [0.29, 0.717) is 16.9 Å². The Morgan fingerprint density at radius 1 is 1.11 bits per heavy atom. The number of pyridine rings is 1. The number of rotatable bonds is 5. The Morgan fingerprint density at radius 3 is 2.38 bits per heavy atom. The maximum absolute atomic E-state index is 13.8. The molecule has 0 unspecified atom stereocenters. The van der Waals surface area contributed by atoms with Crippen LogP contribution in [0.25, 0.3) is 11.3 Å². The van der Waals surface area contributed by atoms with Crippen LogP contribution < -0.4 is 15.0 Å². The molecule has 1 aromatic heterocycles. The van der Waals surface area contributed by atoms with Crippen molar-refractivity contribution in [2.24, 2.45) is 0 Å². The molecule has 2 aromatic carbocycles. The van der Waals surface area contributed by atoms with Gasteiger partial charge in [-0.25, -0.2) is 18.2 Å². The first-order valence-electron chi connectivity index (χ1n) is 11.3. The van der Waals surface area contributed by atoms with E-state index in [4.69, 9.17) is 4.74 Å². The van der Waals surface area contributed by atoms with E-state index < -0.39 is 33.0 Å². The maximum atomic E-state index is 13.8. The molecule has 0 radical (unpaired) electrons. The fraction of sp³-hybridized carbons (Fsp3) is 0.308. The molecule has 0 spiro atoms. The predicted octanol–water partition coefficient (Wildman–Crippen LogP) is 5.19. The number of nitrogens with zero attached hydrogens (tertiary/aromatic N) is 2. The number of ether oxygens (including phenoxy) is 1. The van der Waals surface area contributed by atoms with Crippen LogP contribution in [0.3, 0.4) is 0 Å². The van der Waals surface area contributed by atoms with Gasteiger partial charge in [0.2, 0.25) is 0 Å². The number of carbonyl (C=O) groups is 1. The number of anilines is 1. The molecule has 1 aliphatic heterocycles. The van der Waals surface area contributed by atoms with Crippen LogP contribution in [0.2, 0.25) is 0 Å². The van der Waals surface area contributed by atoms with Crippen molar-refractivity contribution >= 4 is 21.6 Å². The van der Waals surface area contributed by atoms with Crippen molar-refractivity contribution in [2.75, 3.05) is 24.8 Å². The first kappa shape index (κ1) is 26.5. The largest absolute Gasteiger partial charge is 0.497 e. The van der Waals surface area contributed by atoms with Crippen LogP contribution in [0.5, 0.6) is 5.75 Å². The number of methoxy groups -OCH3 is 1. The van der Waals surface area contributed by atoms with E-state index >= 15 is 0 Å². The van der Waals surface area contributed by atoms with Gasteiger partial charge in [-0.15, -0.1) is 0 Å². The lowest BCUT2D eigenvalue weighted by molar-refractivity contribution is -0.137. The average molecular weight is 534 g/mol. The van der Waals surface area contributed by atoms with Crippen LogP contribution in [0.1, 0.15) is 30.7 Å². The van der Waals surface area contributed by atoms with Crippen LogP contribution >= 0.6 is 0 Å². The van der Waals surface area contributed by atoms with Gasteiger partial charge in [-0.2, -0.15) is 13.2 Å². The Kier molecular flexibility index (Phi) is 6.70. The highest BCUT2D eigenvalue weighted by atomic mass is 32.2. The standard InChI is InChI=1S/C26H26F3N3O4S/c1-25(2)15-32(24(33)30-14-16-5-8-18(9-6-16)37(4,34)35)22-12-11-21(31-23(22)25)19-10-7-17(36-3)13-20(19)26(27,28)29/h5-13H,14-15H2,1-4H3,(H,30,33). The number of halogens is 3. The number of amides is 2. The Morgan fingerprint density at radius 2 is 1.78 bits per heavy atom. The molecular weight excluding hydrogens is 507 g/mol. The Labute approximate surface area is 213 Å². The number of alkyl halides is 3. The van der Waals surface area contributed by atoms with Gasteiger partial charge in [0.15, 0.2) is 9.84 Å². The third-order valence-corrected chi connectivity index (χ3v) is 7.34. The molecule has 7 nitrogen and oxygen atoms in total. The number of hydrogen-bond acceptors (Lipinski definition) is 5. The first-order chi connectivity index (χ1) is 17.2. The van der Waals surface area contributed by atoms with Gasteiger partial charge in [-0.1, -0.05) is 26.0 Å². The van der Waals surface area contributed by atoms with Gasteiger partial charge in [0.05, 0.1) is 34.6 Å². The normalized spacial score (nSPS) is 14.8. The van der Waals surface area contributed by atoms with Crippen LogP contribution in [-0.4, -0.2) is 39.3 Å². The van der Waals surface area contributed by atoms with Crippen LogP contribution in [-0.2, 0) is 28.0 Å². The summed E-state index contributed by atoms with van der Waals surface area (Å²) in [6.07, 6.45) is -3.49. The lowest BCUT2D eigenvalue weighted by Gasteiger charge is -2.20. The molecule has 4 rings (SSSR count). The Balaban J connectivity index is 1.60. The lowest BCUT2D eigenvalue weighted by atomic mass is 9.90. The summed E-state index contributed by atoms with van der Waals surface area (Å²) in [6, 6.07) is 12.6. The van der Waals surface area contributed by atoms with Gasteiger partial charge in [0.1, 0.15) is 5.75 Å². The molecule has 2 amide bonds. The number of fused-ring (bicyclic) bond motifs is 1. The zero-order valence-corrected chi connectivity index (χ0v) is 21.5. The maximum Gasteiger partial charge on any atom is 0.417 e. The van der Waals surface area contributed by atoms with Gasteiger partial charge in [-0.05, 0) is 48.0 Å². The summed E-state index contributed by atoms with van der Waals surface area (Å²) in [7, 11) is -2.02. The average Bonchev–Trinajstić information content (AvgIpc) is 3.11. The van der Waals surface area contributed by atoms with Crippen molar-refractivity contribution in [1.29, 1.82) is 0 Å². The van der Waals surface area contributed by atoms with E-state index in [1.54, 1.807) is 18.2 Å². The van der Waals surface area contributed by atoms with Gasteiger partial charge in [0, 0.05) is 30.3 Å². The monoisotopic (exact) mass is 533 g/mol. The Hall–Kier alpha value is -3.60. The summed E-state index contributed by atoms with van der Waals surface area (Å²) in [5.41, 5.74) is 0.355. The predicted molar refractivity (Wildman–Crippen MR) is 133 cm³/mol. The van der Waals surface area contributed by atoms with E-state index in [9.17, 15) is 26.4 Å². The zero-order chi connectivity index (χ0) is 27.2. The second-order valence-electron chi connectivity index (χ2n) is 9.52.